The molecule has 0 bridgehead atoms. The van der Waals surface area contributed by atoms with Gasteiger partial charge < -0.3 is 9.47 Å². The van der Waals surface area contributed by atoms with E-state index in [0.717, 1.165) is 49.2 Å². The fourth-order valence-electron chi connectivity index (χ4n) is 4.14. The zero-order valence-corrected chi connectivity index (χ0v) is 17.5. The SMILES string of the molecule is CCCC(C#Cc1ccccc1)(CC)c1ccc(OC)c(OC2CCCC2)c1. The van der Waals surface area contributed by atoms with Crippen molar-refractivity contribution in [2.24, 2.45) is 0 Å². The summed E-state index contributed by atoms with van der Waals surface area (Å²) < 4.78 is 11.9. The number of benzene rings is 2. The molecule has 2 aromatic rings. The van der Waals surface area contributed by atoms with Crippen LogP contribution in [-0.2, 0) is 5.41 Å². The van der Waals surface area contributed by atoms with Crippen LogP contribution in [0.1, 0.15) is 69.9 Å². The highest BCUT2D eigenvalue weighted by Gasteiger charge is 2.29. The summed E-state index contributed by atoms with van der Waals surface area (Å²) in [5.41, 5.74) is 2.12. The minimum absolute atomic E-state index is 0.176. The third kappa shape index (κ3) is 4.71. The molecule has 1 unspecified atom stereocenters. The number of rotatable bonds is 7. The van der Waals surface area contributed by atoms with E-state index in [-0.39, 0.29) is 5.41 Å². The Morgan fingerprint density at radius 1 is 1.00 bits per heavy atom. The number of hydrogen-bond donors (Lipinski definition) is 0. The highest BCUT2D eigenvalue weighted by atomic mass is 16.5. The van der Waals surface area contributed by atoms with Crippen LogP contribution >= 0.6 is 0 Å². The topological polar surface area (TPSA) is 18.5 Å². The lowest BCUT2D eigenvalue weighted by Gasteiger charge is -2.29. The van der Waals surface area contributed by atoms with E-state index < -0.39 is 0 Å². The van der Waals surface area contributed by atoms with Gasteiger partial charge in [0, 0.05) is 5.56 Å². The second-order valence-electron chi connectivity index (χ2n) is 7.69. The first-order valence-electron chi connectivity index (χ1n) is 10.6. The molecule has 0 aliphatic heterocycles. The predicted molar refractivity (Wildman–Crippen MR) is 116 cm³/mol. The molecular formula is C26H32O2. The number of methoxy groups -OCH3 is 1. The molecule has 1 aliphatic carbocycles. The summed E-state index contributed by atoms with van der Waals surface area (Å²) in [4.78, 5) is 0. The third-order valence-corrected chi connectivity index (χ3v) is 5.81. The highest BCUT2D eigenvalue weighted by Crippen LogP contribution is 2.39. The molecule has 1 atom stereocenters. The van der Waals surface area contributed by atoms with Gasteiger partial charge in [0.15, 0.2) is 11.5 Å². The third-order valence-electron chi connectivity index (χ3n) is 5.81. The lowest BCUT2D eigenvalue weighted by molar-refractivity contribution is 0.200. The van der Waals surface area contributed by atoms with Gasteiger partial charge in [-0.3, -0.25) is 0 Å². The fraction of sp³-hybridized carbons (Fsp3) is 0.462. The van der Waals surface area contributed by atoms with Gasteiger partial charge in [-0.25, -0.2) is 0 Å². The van der Waals surface area contributed by atoms with Crippen LogP contribution in [0.2, 0.25) is 0 Å². The average molecular weight is 377 g/mol. The normalized spacial score (nSPS) is 16.1. The lowest BCUT2D eigenvalue weighted by atomic mass is 9.75. The van der Waals surface area contributed by atoms with E-state index in [2.05, 4.69) is 50.0 Å². The van der Waals surface area contributed by atoms with Crippen LogP contribution in [0.5, 0.6) is 11.5 Å². The van der Waals surface area contributed by atoms with Crippen molar-refractivity contribution in [1.82, 2.24) is 0 Å². The maximum atomic E-state index is 6.35. The first kappa shape index (κ1) is 20.3. The monoisotopic (exact) mass is 376 g/mol. The Morgan fingerprint density at radius 2 is 1.75 bits per heavy atom. The van der Waals surface area contributed by atoms with E-state index in [1.54, 1.807) is 7.11 Å². The molecule has 0 heterocycles. The summed E-state index contributed by atoms with van der Waals surface area (Å²) >= 11 is 0. The van der Waals surface area contributed by atoms with Gasteiger partial charge in [-0.2, -0.15) is 0 Å². The summed E-state index contributed by atoms with van der Waals surface area (Å²) in [7, 11) is 1.71. The van der Waals surface area contributed by atoms with Gasteiger partial charge in [0.05, 0.1) is 18.6 Å². The zero-order chi connectivity index (χ0) is 19.8. The van der Waals surface area contributed by atoms with E-state index in [1.807, 2.05) is 24.3 Å². The van der Waals surface area contributed by atoms with Gasteiger partial charge in [-0.05, 0) is 68.4 Å². The molecule has 1 fully saturated rings. The molecule has 28 heavy (non-hydrogen) atoms. The summed E-state index contributed by atoms with van der Waals surface area (Å²) in [6.07, 6.45) is 8.16. The van der Waals surface area contributed by atoms with E-state index in [4.69, 9.17) is 9.47 Å². The highest BCUT2D eigenvalue weighted by molar-refractivity contribution is 5.49. The summed E-state index contributed by atoms with van der Waals surface area (Å²) in [5, 5.41) is 0. The van der Waals surface area contributed by atoms with Gasteiger partial charge in [0.25, 0.3) is 0 Å². The summed E-state index contributed by atoms with van der Waals surface area (Å²) in [6, 6.07) is 16.6. The molecule has 2 heteroatoms. The van der Waals surface area contributed by atoms with Crippen LogP contribution in [-0.4, -0.2) is 13.2 Å². The van der Waals surface area contributed by atoms with Gasteiger partial charge >= 0.3 is 0 Å². The second-order valence-corrected chi connectivity index (χ2v) is 7.69. The Kier molecular flexibility index (Phi) is 7.04. The Hall–Kier alpha value is -2.40. The van der Waals surface area contributed by atoms with Crippen molar-refractivity contribution in [3.63, 3.8) is 0 Å². The van der Waals surface area contributed by atoms with Crippen molar-refractivity contribution in [2.45, 2.75) is 70.3 Å². The van der Waals surface area contributed by atoms with Crippen molar-refractivity contribution in [3.05, 3.63) is 59.7 Å². The summed E-state index contributed by atoms with van der Waals surface area (Å²) in [5.74, 6) is 8.72. The van der Waals surface area contributed by atoms with Crippen LogP contribution in [0, 0.1) is 11.8 Å². The number of hydrogen-bond acceptors (Lipinski definition) is 2. The molecule has 0 spiro atoms. The Balaban J connectivity index is 1.98. The maximum Gasteiger partial charge on any atom is 0.161 e. The second kappa shape index (κ2) is 9.69. The first-order valence-corrected chi connectivity index (χ1v) is 10.6. The minimum Gasteiger partial charge on any atom is -0.493 e. The van der Waals surface area contributed by atoms with E-state index in [0.29, 0.717) is 6.10 Å². The van der Waals surface area contributed by atoms with E-state index in [1.165, 1.54) is 18.4 Å². The quantitative estimate of drug-likeness (QED) is 0.512. The van der Waals surface area contributed by atoms with E-state index in [9.17, 15) is 0 Å². The molecule has 148 valence electrons. The zero-order valence-electron chi connectivity index (χ0n) is 17.5. The van der Waals surface area contributed by atoms with Crippen LogP contribution in [0.25, 0.3) is 0 Å². The van der Waals surface area contributed by atoms with Crippen LogP contribution in [0.4, 0.5) is 0 Å². The molecule has 1 aliphatic rings. The molecule has 0 amide bonds. The van der Waals surface area contributed by atoms with Crippen molar-refractivity contribution < 1.29 is 9.47 Å². The fourth-order valence-corrected chi connectivity index (χ4v) is 4.14. The maximum absolute atomic E-state index is 6.35. The molecule has 1 saturated carbocycles. The predicted octanol–water partition coefficient (Wildman–Crippen LogP) is 6.52. The molecule has 0 radical (unpaired) electrons. The summed E-state index contributed by atoms with van der Waals surface area (Å²) in [6.45, 7) is 4.46. The molecule has 0 aromatic heterocycles. The van der Waals surface area contributed by atoms with Crippen molar-refractivity contribution >= 4 is 0 Å². The molecule has 0 saturated heterocycles. The van der Waals surface area contributed by atoms with Crippen molar-refractivity contribution in [1.29, 1.82) is 0 Å². The molecule has 3 rings (SSSR count). The van der Waals surface area contributed by atoms with Crippen LogP contribution < -0.4 is 9.47 Å². The standard InChI is InChI=1S/C26H32O2/c1-4-18-26(5-2,19-17-21-11-7-6-8-12-21)22-15-16-24(27-3)25(20-22)28-23-13-9-10-14-23/h6-8,11-12,15-16,20,23H,4-5,9-10,13-14,18H2,1-3H3. The van der Waals surface area contributed by atoms with Crippen LogP contribution in [0.3, 0.4) is 0 Å². The molecule has 0 N–H and O–H groups in total. The molecule has 2 aromatic carbocycles. The number of ether oxygens (including phenoxy) is 2. The van der Waals surface area contributed by atoms with Gasteiger partial charge in [-0.1, -0.05) is 56.4 Å². The van der Waals surface area contributed by atoms with E-state index >= 15 is 0 Å². The van der Waals surface area contributed by atoms with Crippen LogP contribution in [0.15, 0.2) is 48.5 Å². The lowest BCUT2D eigenvalue weighted by Crippen LogP contribution is -2.23. The van der Waals surface area contributed by atoms with Gasteiger partial charge in [0.1, 0.15) is 0 Å². The Bertz CT molecular complexity index is 809. The molecular weight excluding hydrogens is 344 g/mol. The largest absolute Gasteiger partial charge is 0.493 e. The van der Waals surface area contributed by atoms with Crippen molar-refractivity contribution in [3.8, 4) is 23.3 Å². The van der Waals surface area contributed by atoms with Gasteiger partial charge in [-0.15, -0.1) is 0 Å². The molecule has 2 nitrogen and oxygen atoms in total. The first-order chi connectivity index (χ1) is 13.7. The minimum atomic E-state index is -0.176. The Labute approximate surface area is 170 Å². The average Bonchev–Trinajstić information content (AvgIpc) is 3.25. The smallest absolute Gasteiger partial charge is 0.161 e. The van der Waals surface area contributed by atoms with Crippen molar-refractivity contribution in [2.75, 3.05) is 7.11 Å². The van der Waals surface area contributed by atoms with Gasteiger partial charge in [0.2, 0.25) is 0 Å². The Morgan fingerprint density at radius 3 is 2.39 bits per heavy atom.